The first-order valence-electron chi connectivity index (χ1n) is 12.6. The Morgan fingerprint density at radius 1 is 0.872 bits per heavy atom. The third kappa shape index (κ3) is 6.02. The average molecular weight is 540 g/mol. The van der Waals surface area contributed by atoms with Crippen molar-refractivity contribution in [1.29, 1.82) is 0 Å². The maximum absolute atomic E-state index is 12.8. The number of anilines is 1. The molecule has 2 amide bonds. The molecule has 5 rings (SSSR count). The highest BCUT2D eigenvalue weighted by Crippen LogP contribution is 2.32. The predicted molar refractivity (Wildman–Crippen MR) is 157 cm³/mol. The van der Waals surface area contributed by atoms with Gasteiger partial charge in [0, 0.05) is 46.7 Å². The van der Waals surface area contributed by atoms with E-state index in [1.165, 1.54) is 11.8 Å². The molecular formula is C31H29N3O4S. The van der Waals surface area contributed by atoms with Gasteiger partial charge in [0.25, 0.3) is 5.91 Å². The zero-order valence-corrected chi connectivity index (χ0v) is 22.6. The van der Waals surface area contributed by atoms with Crippen LogP contribution in [0.1, 0.15) is 10.4 Å². The fourth-order valence-corrected chi connectivity index (χ4v) is 5.36. The van der Waals surface area contributed by atoms with Crippen molar-refractivity contribution in [2.75, 3.05) is 31.8 Å². The number of carbonyl (C=O) groups excluding carboxylic acids is 2. The minimum Gasteiger partial charge on any atom is -0.497 e. The number of aromatic nitrogens is 1. The van der Waals surface area contributed by atoms with Crippen LogP contribution in [-0.2, 0) is 11.3 Å². The Morgan fingerprint density at radius 3 is 2.49 bits per heavy atom. The monoisotopic (exact) mass is 539 g/mol. The fraction of sp³-hybridized carbons (Fsp3) is 0.161. The van der Waals surface area contributed by atoms with E-state index in [1.54, 1.807) is 32.4 Å². The summed E-state index contributed by atoms with van der Waals surface area (Å²) < 4.78 is 12.7. The molecule has 0 aliphatic carbocycles. The van der Waals surface area contributed by atoms with Crippen molar-refractivity contribution >= 4 is 50.9 Å². The number of rotatable bonds is 10. The topological polar surface area (TPSA) is 81.6 Å². The molecule has 0 bridgehead atoms. The second-order valence-corrected chi connectivity index (χ2v) is 9.94. The zero-order chi connectivity index (χ0) is 27.2. The third-order valence-corrected chi connectivity index (χ3v) is 7.49. The molecule has 0 saturated heterocycles. The van der Waals surface area contributed by atoms with Crippen LogP contribution in [0.15, 0.2) is 96.0 Å². The van der Waals surface area contributed by atoms with Gasteiger partial charge in [-0.15, -0.1) is 11.8 Å². The number of benzene rings is 4. The van der Waals surface area contributed by atoms with Gasteiger partial charge in [-0.1, -0.05) is 48.5 Å². The summed E-state index contributed by atoms with van der Waals surface area (Å²) in [4.78, 5) is 26.5. The van der Waals surface area contributed by atoms with Gasteiger partial charge in [0.2, 0.25) is 5.91 Å². The van der Waals surface area contributed by atoms with Gasteiger partial charge >= 0.3 is 0 Å². The van der Waals surface area contributed by atoms with E-state index in [1.807, 2.05) is 72.9 Å². The molecule has 0 aliphatic heterocycles. The fourth-order valence-electron chi connectivity index (χ4n) is 4.47. The summed E-state index contributed by atoms with van der Waals surface area (Å²) >= 11 is 1.47. The highest BCUT2D eigenvalue weighted by molar-refractivity contribution is 8.00. The molecule has 2 N–H and O–H groups in total. The highest BCUT2D eigenvalue weighted by atomic mass is 32.2. The number of hydrogen-bond donors (Lipinski definition) is 2. The molecule has 0 atom stereocenters. The third-order valence-electron chi connectivity index (χ3n) is 6.44. The summed E-state index contributed by atoms with van der Waals surface area (Å²) in [6.45, 7) is 1.09. The Hall–Kier alpha value is -4.43. The van der Waals surface area contributed by atoms with E-state index in [-0.39, 0.29) is 17.6 Å². The Morgan fingerprint density at radius 2 is 1.67 bits per heavy atom. The lowest BCUT2D eigenvalue weighted by Gasteiger charge is -2.11. The first-order valence-corrected chi connectivity index (χ1v) is 13.5. The van der Waals surface area contributed by atoms with E-state index in [9.17, 15) is 9.59 Å². The highest BCUT2D eigenvalue weighted by Gasteiger charge is 2.13. The molecule has 1 heterocycles. The van der Waals surface area contributed by atoms with Crippen molar-refractivity contribution in [2.24, 2.45) is 0 Å². The molecule has 198 valence electrons. The van der Waals surface area contributed by atoms with Crippen LogP contribution in [0.2, 0.25) is 0 Å². The zero-order valence-electron chi connectivity index (χ0n) is 21.8. The molecule has 0 saturated carbocycles. The van der Waals surface area contributed by atoms with Crippen LogP contribution in [-0.4, -0.2) is 42.9 Å². The number of carbonyl (C=O) groups is 2. The number of ether oxygens (including phenoxy) is 2. The summed E-state index contributed by atoms with van der Waals surface area (Å²) in [6, 6.07) is 27.1. The normalized spacial score (nSPS) is 10.9. The van der Waals surface area contributed by atoms with Crippen molar-refractivity contribution < 1.29 is 19.1 Å². The van der Waals surface area contributed by atoms with Gasteiger partial charge < -0.3 is 24.7 Å². The van der Waals surface area contributed by atoms with E-state index in [4.69, 9.17) is 9.47 Å². The van der Waals surface area contributed by atoms with Gasteiger partial charge in [0.15, 0.2) is 0 Å². The number of hydrogen-bond acceptors (Lipinski definition) is 5. The number of methoxy groups -OCH3 is 2. The van der Waals surface area contributed by atoms with Crippen molar-refractivity contribution in [3.05, 3.63) is 96.7 Å². The maximum atomic E-state index is 12.8. The molecule has 0 fully saturated rings. The molecule has 0 unspecified atom stereocenters. The van der Waals surface area contributed by atoms with E-state index >= 15 is 0 Å². The molecule has 39 heavy (non-hydrogen) atoms. The molecule has 0 radical (unpaired) electrons. The van der Waals surface area contributed by atoms with Gasteiger partial charge in [0.1, 0.15) is 11.5 Å². The van der Waals surface area contributed by atoms with E-state index < -0.39 is 0 Å². The summed E-state index contributed by atoms with van der Waals surface area (Å²) in [5.41, 5.74) is 2.28. The average Bonchev–Trinajstić information content (AvgIpc) is 3.33. The van der Waals surface area contributed by atoms with Crippen LogP contribution in [0.3, 0.4) is 0 Å². The lowest BCUT2D eigenvalue weighted by molar-refractivity contribution is -0.113. The van der Waals surface area contributed by atoms with Crippen molar-refractivity contribution in [3.63, 3.8) is 0 Å². The van der Waals surface area contributed by atoms with Crippen LogP contribution in [0.4, 0.5) is 5.69 Å². The van der Waals surface area contributed by atoms with Crippen molar-refractivity contribution in [2.45, 2.75) is 11.4 Å². The lowest BCUT2D eigenvalue weighted by atomic mass is 10.1. The Kier molecular flexibility index (Phi) is 8.03. The summed E-state index contributed by atoms with van der Waals surface area (Å²) in [7, 11) is 3.14. The van der Waals surface area contributed by atoms with Crippen LogP contribution in [0.5, 0.6) is 11.5 Å². The number of nitrogens with zero attached hydrogens (tertiary/aromatic N) is 1. The number of fused-ring (bicyclic) bond motifs is 2. The molecule has 1 aromatic heterocycles. The number of amides is 2. The summed E-state index contributed by atoms with van der Waals surface area (Å²) in [6.07, 6.45) is 2.04. The van der Waals surface area contributed by atoms with Crippen molar-refractivity contribution in [3.8, 4) is 11.5 Å². The van der Waals surface area contributed by atoms with Crippen LogP contribution in [0, 0.1) is 0 Å². The molecule has 4 aromatic carbocycles. The Labute approximate surface area is 231 Å². The summed E-state index contributed by atoms with van der Waals surface area (Å²) in [5, 5.41) is 9.16. The molecule has 0 spiro atoms. The Bertz CT molecular complexity index is 1650. The maximum Gasteiger partial charge on any atom is 0.251 e. The van der Waals surface area contributed by atoms with E-state index in [0.29, 0.717) is 35.8 Å². The first-order chi connectivity index (χ1) is 19.1. The lowest BCUT2D eigenvalue weighted by Crippen LogP contribution is -2.27. The standard InChI is InChI=1S/C31H29N3O4S/c1-37-24-13-14-26(28(18-24)38-2)33-30(35)20-39-29-19-34(27-10-6-5-9-25(27)29)16-15-32-31(36)23-12-11-21-7-3-4-8-22(21)17-23/h3-14,17-19H,15-16,20H2,1-2H3,(H,32,36)(H,33,35). The first kappa shape index (κ1) is 26.2. The largest absolute Gasteiger partial charge is 0.497 e. The molecule has 8 heteroatoms. The van der Waals surface area contributed by atoms with Crippen LogP contribution >= 0.6 is 11.8 Å². The summed E-state index contributed by atoms with van der Waals surface area (Å²) in [5.74, 6) is 1.19. The molecule has 5 aromatic rings. The van der Waals surface area contributed by atoms with Gasteiger partial charge in [-0.25, -0.2) is 0 Å². The SMILES string of the molecule is COc1ccc(NC(=O)CSc2cn(CCNC(=O)c3ccc4ccccc4c3)c3ccccc23)c(OC)c1. The second kappa shape index (κ2) is 12.0. The number of nitrogens with one attached hydrogen (secondary N) is 2. The predicted octanol–water partition coefficient (Wildman–Crippen LogP) is 5.97. The minimum atomic E-state index is -0.136. The van der Waals surface area contributed by atoms with E-state index in [2.05, 4.69) is 15.2 Å². The molecule has 7 nitrogen and oxygen atoms in total. The Balaban J connectivity index is 1.22. The minimum absolute atomic E-state index is 0.0996. The number of thioether (sulfide) groups is 1. The van der Waals surface area contributed by atoms with Gasteiger partial charge in [-0.2, -0.15) is 0 Å². The number of para-hydroxylation sites is 1. The molecule has 0 aliphatic rings. The van der Waals surface area contributed by atoms with Crippen LogP contribution in [0.25, 0.3) is 21.7 Å². The van der Waals surface area contributed by atoms with Gasteiger partial charge in [0.05, 0.1) is 25.7 Å². The van der Waals surface area contributed by atoms with Crippen molar-refractivity contribution in [1.82, 2.24) is 9.88 Å². The smallest absolute Gasteiger partial charge is 0.251 e. The quantitative estimate of drug-likeness (QED) is 0.214. The molecular weight excluding hydrogens is 510 g/mol. The van der Waals surface area contributed by atoms with Gasteiger partial charge in [-0.05, 0) is 41.1 Å². The van der Waals surface area contributed by atoms with Crippen LogP contribution < -0.4 is 20.1 Å². The van der Waals surface area contributed by atoms with E-state index in [0.717, 1.165) is 26.6 Å². The van der Waals surface area contributed by atoms with Gasteiger partial charge in [-0.3, -0.25) is 9.59 Å². The second-order valence-electron chi connectivity index (χ2n) is 8.92.